The molecule has 78 valence electrons. The average molecular weight is 186 g/mol. The molecule has 0 spiro atoms. The predicted octanol–water partition coefficient (Wildman–Crippen LogP) is 1.49. The fraction of sp³-hybridized carbons (Fsp3) is 0.900. The quantitative estimate of drug-likeness (QED) is 0.651. The third kappa shape index (κ3) is 5.64. The van der Waals surface area contributed by atoms with Crippen LogP contribution in [0.1, 0.15) is 40.5 Å². The molecular formula is C10H22N2O. The van der Waals surface area contributed by atoms with E-state index in [1.165, 1.54) is 6.42 Å². The van der Waals surface area contributed by atoms with Crippen molar-refractivity contribution in [2.75, 3.05) is 6.54 Å². The molecule has 1 saturated heterocycles. The Labute approximate surface area is 81.3 Å². The van der Waals surface area contributed by atoms with Gasteiger partial charge in [0.2, 0.25) is 5.91 Å². The topological polar surface area (TPSA) is 41.1 Å². The lowest BCUT2D eigenvalue weighted by Gasteiger charge is -2.27. The standard InChI is InChI=1S/C8H16N2O.C2H6/c1-6-3-4-8(9-5-6)10-7(2)11;1-2/h6,8-9H,3-5H2,1-2H3,(H,10,11);1-2H3. The molecule has 3 nitrogen and oxygen atoms in total. The Morgan fingerprint density at radius 2 is 2.00 bits per heavy atom. The molecule has 0 aromatic carbocycles. The zero-order valence-electron chi connectivity index (χ0n) is 9.18. The summed E-state index contributed by atoms with van der Waals surface area (Å²) in [5.74, 6) is 0.803. The van der Waals surface area contributed by atoms with E-state index in [9.17, 15) is 4.79 Å². The van der Waals surface area contributed by atoms with E-state index in [1.54, 1.807) is 6.92 Å². The maximum atomic E-state index is 10.6. The van der Waals surface area contributed by atoms with Crippen molar-refractivity contribution in [2.45, 2.75) is 46.7 Å². The van der Waals surface area contributed by atoms with E-state index in [-0.39, 0.29) is 12.1 Å². The highest BCUT2D eigenvalue weighted by Crippen LogP contribution is 2.11. The van der Waals surface area contributed by atoms with Crippen LogP contribution in [-0.4, -0.2) is 18.6 Å². The normalized spacial score (nSPS) is 27.1. The first-order chi connectivity index (χ1) is 6.18. The largest absolute Gasteiger partial charge is 0.341 e. The van der Waals surface area contributed by atoms with Gasteiger partial charge < -0.3 is 5.32 Å². The van der Waals surface area contributed by atoms with Gasteiger partial charge in [-0.05, 0) is 25.3 Å². The van der Waals surface area contributed by atoms with Crippen LogP contribution in [0.25, 0.3) is 0 Å². The minimum Gasteiger partial charge on any atom is -0.341 e. The third-order valence-electron chi connectivity index (χ3n) is 2.04. The molecule has 2 atom stereocenters. The highest BCUT2D eigenvalue weighted by atomic mass is 16.1. The minimum atomic E-state index is 0.0528. The molecule has 0 radical (unpaired) electrons. The van der Waals surface area contributed by atoms with Gasteiger partial charge in [0, 0.05) is 6.92 Å². The van der Waals surface area contributed by atoms with Gasteiger partial charge in [0.15, 0.2) is 0 Å². The first-order valence-electron chi connectivity index (χ1n) is 5.19. The molecule has 1 heterocycles. The number of hydrogen-bond acceptors (Lipinski definition) is 2. The Morgan fingerprint density at radius 3 is 2.38 bits per heavy atom. The minimum absolute atomic E-state index is 0.0528. The fourth-order valence-electron chi connectivity index (χ4n) is 1.37. The van der Waals surface area contributed by atoms with Crippen LogP contribution in [0.4, 0.5) is 0 Å². The average Bonchev–Trinajstić information content (AvgIpc) is 2.12. The zero-order chi connectivity index (χ0) is 10.3. The number of hydrogen-bond donors (Lipinski definition) is 2. The van der Waals surface area contributed by atoms with Gasteiger partial charge >= 0.3 is 0 Å². The molecule has 0 saturated carbocycles. The molecule has 2 N–H and O–H groups in total. The van der Waals surface area contributed by atoms with Crippen LogP contribution in [0.15, 0.2) is 0 Å². The number of rotatable bonds is 1. The van der Waals surface area contributed by atoms with E-state index in [0.717, 1.165) is 18.9 Å². The highest BCUT2D eigenvalue weighted by molar-refractivity contribution is 5.73. The van der Waals surface area contributed by atoms with Crippen molar-refractivity contribution in [1.82, 2.24) is 10.6 Å². The second-order valence-electron chi connectivity index (χ2n) is 3.34. The van der Waals surface area contributed by atoms with Crippen molar-refractivity contribution in [1.29, 1.82) is 0 Å². The van der Waals surface area contributed by atoms with Crippen molar-refractivity contribution < 1.29 is 4.79 Å². The molecule has 1 fully saturated rings. The molecule has 1 rings (SSSR count). The molecule has 1 aliphatic heterocycles. The lowest BCUT2D eigenvalue weighted by Crippen LogP contribution is -2.49. The summed E-state index contributed by atoms with van der Waals surface area (Å²) in [5, 5.41) is 6.12. The second-order valence-corrected chi connectivity index (χ2v) is 3.34. The van der Waals surface area contributed by atoms with Crippen LogP contribution >= 0.6 is 0 Å². The molecule has 13 heavy (non-hydrogen) atoms. The molecule has 1 aliphatic rings. The Kier molecular flexibility index (Phi) is 6.59. The van der Waals surface area contributed by atoms with E-state index in [2.05, 4.69) is 17.6 Å². The van der Waals surface area contributed by atoms with Crippen molar-refractivity contribution >= 4 is 5.91 Å². The summed E-state index contributed by atoms with van der Waals surface area (Å²) in [6.07, 6.45) is 2.47. The van der Waals surface area contributed by atoms with Gasteiger partial charge in [0.05, 0.1) is 6.17 Å². The first kappa shape index (κ1) is 12.4. The van der Waals surface area contributed by atoms with Gasteiger partial charge in [-0.3, -0.25) is 10.1 Å². The van der Waals surface area contributed by atoms with Gasteiger partial charge in [0.1, 0.15) is 0 Å². The number of nitrogens with one attached hydrogen (secondary N) is 2. The molecule has 0 aromatic rings. The van der Waals surface area contributed by atoms with Crippen LogP contribution in [0, 0.1) is 5.92 Å². The fourth-order valence-corrected chi connectivity index (χ4v) is 1.37. The smallest absolute Gasteiger partial charge is 0.218 e. The lowest BCUT2D eigenvalue weighted by atomic mass is 10.00. The van der Waals surface area contributed by atoms with E-state index in [1.807, 2.05) is 13.8 Å². The van der Waals surface area contributed by atoms with Gasteiger partial charge in [0.25, 0.3) is 0 Å². The first-order valence-corrected chi connectivity index (χ1v) is 5.19. The Hall–Kier alpha value is -0.570. The zero-order valence-corrected chi connectivity index (χ0v) is 9.18. The van der Waals surface area contributed by atoms with Crippen molar-refractivity contribution in [2.24, 2.45) is 5.92 Å². The van der Waals surface area contributed by atoms with Gasteiger partial charge in [-0.2, -0.15) is 0 Å². The molecule has 0 aromatic heterocycles. The maximum Gasteiger partial charge on any atom is 0.218 e. The van der Waals surface area contributed by atoms with Gasteiger partial charge in [-0.1, -0.05) is 20.8 Å². The monoisotopic (exact) mass is 186 g/mol. The maximum absolute atomic E-state index is 10.6. The predicted molar refractivity (Wildman–Crippen MR) is 55.4 cm³/mol. The van der Waals surface area contributed by atoms with Crippen molar-refractivity contribution in [3.05, 3.63) is 0 Å². The molecule has 0 bridgehead atoms. The van der Waals surface area contributed by atoms with Crippen LogP contribution in [0.5, 0.6) is 0 Å². The Balaban J connectivity index is 0.000000671. The Morgan fingerprint density at radius 1 is 1.38 bits per heavy atom. The van der Waals surface area contributed by atoms with E-state index < -0.39 is 0 Å². The van der Waals surface area contributed by atoms with Crippen molar-refractivity contribution in [3.8, 4) is 0 Å². The van der Waals surface area contributed by atoms with Crippen LogP contribution in [-0.2, 0) is 4.79 Å². The summed E-state index contributed by atoms with van der Waals surface area (Å²) >= 11 is 0. The number of carbonyl (C=O) groups is 1. The summed E-state index contributed by atoms with van der Waals surface area (Å²) in [6, 6.07) is 0. The van der Waals surface area contributed by atoms with E-state index in [0.29, 0.717) is 0 Å². The third-order valence-corrected chi connectivity index (χ3v) is 2.04. The molecule has 2 unspecified atom stereocenters. The SMILES string of the molecule is CC.CC(=O)NC1CCC(C)CN1. The lowest BCUT2D eigenvalue weighted by molar-refractivity contribution is -0.120. The summed E-state index contributed by atoms with van der Waals surface area (Å²) in [7, 11) is 0. The molecular weight excluding hydrogens is 164 g/mol. The number of amides is 1. The van der Waals surface area contributed by atoms with E-state index >= 15 is 0 Å². The molecule has 1 amide bonds. The molecule has 0 aliphatic carbocycles. The summed E-state index contributed by atoms with van der Waals surface area (Å²) in [5.41, 5.74) is 0. The van der Waals surface area contributed by atoms with Crippen molar-refractivity contribution in [3.63, 3.8) is 0 Å². The van der Waals surface area contributed by atoms with Gasteiger partial charge in [-0.25, -0.2) is 0 Å². The molecule has 3 heteroatoms. The summed E-state index contributed by atoms with van der Waals surface area (Å²) in [4.78, 5) is 10.6. The second kappa shape index (κ2) is 6.89. The van der Waals surface area contributed by atoms with Crippen LogP contribution in [0.3, 0.4) is 0 Å². The van der Waals surface area contributed by atoms with E-state index in [4.69, 9.17) is 0 Å². The number of piperidine rings is 1. The van der Waals surface area contributed by atoms with Crippen LogP contribution < -0.4 is 10.6 Å². The summed E-state index contributed by atoms with van der Waals surface area (Å²) < 4.78 is 0. The Bertz CT molecular complexity index is 140. The van der Waals surface area contributed by atoms with Gasteiger partial charge in [-0.15, -0.1) is 0 Å². The summed E-state index contributed by atoms with van der Waals surface area (Å²) in [6.45, 7) is 8.79. The highest BCUT2D eigenvalue weighted by Gasteiger charge is 2.16. The number of carbonyl (C=O) groups excluding carboxylic acids is 1. The van der Waals surface area contributed by atoms with Crippen LogP contribution in [0.2, 0.25) is 0 Å².